The second kappa shape index (κ2) is 4.94. The third-order valence-electron chi connectivity index (χ3n) is 3.14. The van der Waals surface area contributed by atoms with E-state index in [4.69, 9.17) is 11.6 Å². The molecular weight excluding hydrogens is 291 g/mol. The van der Waals surface area contributed by atoms with Gasteiger partial charge < -0.3 is 5.32 Å². The molecule has 104 valence electrons. The summed E-state index contributed by atoms with van der Waals surface area (Å²) in [7, 11) is 0. The van der Waals surface area contributed by atoms with Crippen LogP contribution in [0.2, 0.25) is 5.15 Å². The molecule has 1 N–H and O–H groups in total. The molecule has 0 spiro atoms. The summed E-state index contributed by atoms with van der Waals surface area (Å²) in [6, 6.07) is 1.18. The van der Waals surface area contributed by atoms with E-state index in [1.807, 2.05) is 0 Å². The Balaban J connectivity index is 1.96. The van der Waals surface area contributed by atoms with Crippen LogP contribution in [0.5, 0.6) is 0 Å². The van der Waals surface area contributed by atoms with Gasteiger partial charge in [-0.05, 0) is 19.3 Å². The van der Waals surface area contributed by atoms with Crippen molar-refractivity contribution in [2.45, 2.75) is 19.3 Å². The molecule has 3 nitrogen and oxygen atoms in total. The van der Waals surface area contributed by atoms with Crippen LogP contribution >= 0.6 is 11.6 Å². The third kappa shape index (κ3) is 2.31. The van der Waals surface area contributed by atoms with E-state index >= 15 is 0 Å². The standard InChI is InChI=1S/C13H9ClF3N3/c14-12-6-2-1-3-10(6)18-13(20-12)19-11-5-8(16)7(15)4-9(11)17/h4-5H,1-3H2,(H,18,19,20). The third-order valence-corrected chi connectivity index (χ3v) is 3.45. The van der Waals surface area contributed by atoms with Crippen molar-refractivity contribution >= 4 is 23.2 Å². The Labute approximate surface area is 117 Å². The molecule has 1 aromatic heterocycles. The molecule has 1 aromatic carbocycles. The quantitative estimate of drug-likeness (QED) is 0.677. The van der Waals surface area contributed by atoms with Gasteiger partial charge in [0, 0.05) is 17.7 Å². The zero-order chi connectivity index (χ0) is 14.3. The molecule has 20 heavy (non-hydrogen) atoms. The first-order valence-electron chi connectivity index (χ1n) is 6.01. The summed E-state index contributed by atoms with van der Waals surface area (Å²) in [4.78, 5) is 8.21. The van der Waals surface area contributed by atoms with E-state index in [9.17, 15) is 13.2 Å². The maximum Gasteiger partial charge on any atom is 0.228 e. The van der Waals surface area contributed by atoms with E-state index < -0.39 is 17.5 Å². The lowest BCUT2D eigenvalue weighted by Crippen LogP contribution is -2.04. The van der Waals surface area contributed by atoms with Crippen molar-refractivity contribution < 1.29 is 13.2 Å². The molecular formula is C13H9ClF3N3. The molecule has 0 saturated heterocycles. The van der Waals surface area contributed by atoms with Gasteiger partial charge in [-0.2, -0.15) is 0 Å². The Morgan fingerprint density at radius 2 is 1.75 bits per heavy atom. The molecule has 1 heterocycles. The van der Waals surface area contributed by atoms with Crippen LogP contribution in [0.3, 0.4) is 0 Å². The molecule has 0 atom stereocenters. The molecule has 3 rings (SSSR count). The fourth-order valence-electron chi connectivity index (χ4n) is 2.18. The predicted molar refractivity (Wildman–Crippen MR) is 68.7 cm³/mol. The molecule has 0 fully saturated rings. The Bertz CT molecular complexity index is 691. The lowest BCUT2D eigenvalue weighted by Gasteiger charge is -2.09. The van der Waals surface area contributed by atoms with Crippen molar-refractivity contribution in [3.63, 3.8) is 0 Å². The minimum Gasteiger partial charge on any atom is -0.322 e. The molecule has 0 bridgehead atoms. The second-order valence-electron chi connectivity index (χ2n) is 4.49. The first-order chi connectivity index (χ1) is 9.54. The van der Waals surface area contributed by atoms with Crippen molar-refractivity contribution in [2.75, 3.05) is 5.32 Å². The number of anilines is 2. The van der Waals surface area contributed by atoms with E-state index in [0.717, 1.165) is 36.6 Å². The minimum absolute atomic E-state index is 0.0700. The first kappa shape index (κ1) is 13.2. The van der Waals surface area contributed by atoms with Crippen LogP contribution in [0.15, 0.2) is 12.1 Å². The number of aromatic nitrogens is 2. The highest BCUT2D eigenvalue weighted by molar-refractivity contribution is 6.30. The fourth-order valence-corrected chi connectivity index (χ4v) is 2.47. The molecule has 0 amide bonds. The summed E-state index contributed by atoms with van der Waals surface area (Å²) < 4.78 is 39.5. The summed E-state index contributed by atoms with van der Waals surface area (Å²) in [6.07, 6.45) is 2.52. The first-order valence-corrected chi connectivity index (χ1v) is 6.39. The Morgan fingerprint density at radius 1 is 1.00 bits per heavy atom. The summed E-state index contributed by atoms with van der Waals surface area (Å²) in [5.74, 6) is -3.26. The minimum atomic E-state index is -1.25. The van der Waals surface area contributed by atoms with Crippen LogP contribution in [0.1, 0.15) is 17.7 Å². The van der Waals surface area contributed by atoms with Gasteiger partial charge in [0.05, 0.1) is 11.4 Å². The lowest BCUT2D eigenvalue weighted by atomic mass is 10.2. The molecule has 2 aromatic rings. The Hall–Kier alpha value is -1.82. The number of aryl methyl sites for hydroxylation is 1. The van der Waals surface area contributed by atoms with Gasteiger partial charge in [-0.15, -0.1) is 0 Å². The van der Waals surface area contributed by atoms with E-state index in [-0.39, 0.29) is 11.6 Å². The smallest absolute Gasteiger partial charge is 0.228 e. The summed E-state index contributed by atoms with van der Waals surface area (Å²) in [5.41, 5.74) is 1.45. The van der Waals surface area contributed by atoms with Crippen LogP contribution in [0.25, 0.3) is 0 Å². The number of rotatable bonds is 2. The second-order valence-corrected chi connectivity index (χ2v) is 4.85. The summed E-state index contributed by atoms with van der Waals surface area (Å²) in [6.45, 7) is 0. The number of nitrogens with zero attached hydrogens (tertiary/aromatic N) is 2. The SMILES string of the molecule is Fc1cc(F)c(Nc2nc(Cl)c3c(n2)CCC3)cc1F. The number of fused-ring (bicyclic) bond motifs is 1. The fraction of sp³-hybridized carbons (Fsp3) is 0.231. The number of benzene rings is 1. The molecule has 0 aliphatic heterocycles. The van der Waals surface area contributed by atoms with Crippen molar-refractivity contribution in [2.24, 2.45) is 0 Å². The van der Waals surface area contributed by atoms with Gasteiger partial charge in [-0.1, -0.05) is 11.6 Å². The van der Waals surface area contributed by atoms with Gasteiger partial charge in [-0.25, -0.2) is 23.1 Å². The molecule has 1 aliphatic rings. The summed E-state index contributed by atoms with van der Waals surface area (Å²) >= 11 is 6.02. The largest absolute Gasteiger partial charge is 0.322 e. The van der Waals surface area contributed by atoms with Crippen LogP contribution < -0.4 is 5.32 Å². The van der Waals surface area contributed by atoms with Crippen molar-refractivity contribution in [3.8, 4) is 0 Å². The number of hydrogen-bond acceptors (Lipinski definition) is 3. The van der Waals surface area contributed by atoms with Gasteiger partial charge in [0.15, 0.2) is 11.6 Å². The van der Waals surface area contributed by atoms with Gasteiger partial charge in [0.2, 0.25) is 5.95 Å². The molecule has 0 unspecified atom stereocenters. The number of halogens is 4. The molecule has 0 saturated carbocycles. The highest BCUT2D eigenvalue weighted by Crippen LogP contribution is 2.28. The van der Waals surface area contributed by atoms with Crippen molar-refractivity contribution in [3.05, 3.63) is 46.0 Å². The zero-order valence-electron chi connectivity index (χ0n) is 10.2. The molecule has 0 radical (unpaired) electrons. The van der Waals surface area contributed by atoms with Gasteiger partial charge in [-0.3, -0.25) is 0 Å². The van der Waals surface area contributed by atoms with Gasteiger partial charge in [0.1, 0.15) is 11.0 Å². The zero-order valence-corrected chi connectivity index (χ0v) is 10.9. The van der Waals surface area contributed by atoms with E-state index in [1.165, 1.54) is 0 Å². The van der Waals surface area contributed by atoms with Crippen molar-refractivity contribution in [1.82, 2.24) is 9.97 Å². The monoisotopic (exact) mass is 299 g/mol. The maximum atomic E-state index is 13.5. The molecule has 1 aliphatic carbocycles. The number of nitrogens with one attached hydrogen (secondary N) is 1. The Morgan fingerprint density at radius 3 is 2.55 bits per heavy atom. The van der Waals surface area contributed by atoms with E-state index in [0.29, 0.717) is 11.2 Å². The lowest BCUT2D eigenvalue weighted by molar-refractivity contribution is 0.496. The average molecular weight is 300 g/mol. The normalized spacial score (nSPS) is 13.4. The van der Waals surface area contributed by atoms with Crippen LogP contribution in [0.4, 0.5) is 24.8 Å². The van der Waals surface area contributed by atoms with Crippen LogP contribution in [-0.4, -0.2) is 9.97 Å². The number of hydrogen-bond donors (Lipinski definition) is 1. The van der Waals surface area contributed by atoms with Gasteiger partial charge in [0.25, 0.3) is 0 Å². The topological polar surface area (TPSA) is 37.8 Å². The highest BCUT2D eigenvalue weighted by Gasteiger charge is 2.19. The average Bonchev–Trinajstić information content (AvgIpc) is 2.85. The van der Waals surface area contributed by atoms with E-state index in [2.05, 4.69) is 15.3 Å². The summed E-state index contributed by atoms with van der Waals surface area (Å²) in [5, 5.41) is 2.83. The highest BCUT2D eigenvalue weighted by atomic mass is 35.5. The van der Waals surface area contributed by atoms with E-state index in [1.54, 1.807) is 0 Å². The van der Waals surface area contributed by atoms with Gasteiger partial charge >= 0.3 is 0 Å². The predicted octanol–water partition coefficient (Wildman–Crippen LogP) is 3.78. The van der Waals surface area contributed by atoms with Crippen LogP contribution in [0, 0.1) is 17.5 Å². The maximum absolute atomic E-state index is 13.5. The van der Waals surface area contributed by atoms with Crippen LogP contribution in [-0.2, 0) is 12.8 Å². The molecule has 7 heteroatoms. The Kier molecular flexibility index (Phi) is 3.25. The van der Waals surface area contributed by atoms with Crippen molar-refractivity contribution in [1.29, 1.82) is 0 Å².